The fourth-order valence-electron chi connectivity index (χ4n) is 2.10. The standard InChI is InChI=1S/C13H16Cl3NO/c14-7-11-9-17(4-1-5-18-11)8-10-2-3-12(15)13(16)6-10/h2-3,6,11H,1,4-5,7-9H2. The van der Waals surface area contributed by atoms with E-state index in [2.05, 4.69) is 4.90 Å². The Kier molecular flexibility index (Phi) is 5.58. The second-order valence-electron chi connectivity index (χ2n) is 4.48. The van der Waals surface area contributed by atoms with E-state index < -0.39 is 0 Å². The molecule has 0 N–H and O–H groups in total. The van der Waals surface area contributed by atoms with Crippen LogP contribution in [0.4, 0.5) is 0 Å². The molecule has 18 heavy (non-hydrogen) atoms. The molecule has 100 valence electrons. The van der Waals surface area contributed by atoms with Crippen molar-refractivity contribution < 1.29 is 4.74 Å². The van der Waals surface area contributed by atoms with Crippen molar-refractivity contribution in [3.63, 3.8) is 0 Å². The minimum Gasteiger partial charge on any atom is -0.376 e. The van der Waals surface area contributed by atoms with Gasteiger partial charge in [-0.15, -0.1) is 11.6 Å². The number of alkyl halides is 1. The third-order valence-corrected chi connectivity index (χ3v) is 4.08. The van der Waals surface area contributed by atoms with E-state index in [1.54, 1.807) is 0 Å². The molecule has 0 aromatic heterocycles. The van der Waals surface area contributed by atoms with E-state index in [9.17, 15) is 0 Å². The highest BCUT2D eigenvalue weighted by molar-refractivity contribution is 6.42. The van der Waals surface area contributed by atoms with Crippen molar-refractivity contribution >= 4 is 34.8 Å². The summed E-state index contributed by atoms with van der Waals surface area (Å²) in [7, 11) is 0. The third-order valence-electron chi connectivity index (χ3n) is 3.00. The lowest BCUT2D eigenvalue weighted by Gasteiger charge is -2.22. The van der Waals surface area contributed by atoms with Gasteiger partial charge in [0.05, 0.1) is 16.1 Å². The van der Waals surface area contributed by atoms with Crippen molar-refractivity contribution in [2.24, 2.45) is 0 Å². The Morgan fingerprint density at radius 3 is 2.83 bits per heavy atom. The molecule has 1 atom stereocenters. The number of nitrogens with zero attached hydrogens (tertiary/aromatic N) is 1. The van der Waals surface area contributed by atoms with E-state index in [0.717, 1.165) is 32.7 Å². The normalized spacial score (nSPS) is 21.8. The quantitative estimate of drug-likeness (QED) is 0.787. The van der Waals surface area contributed by atoms with Gasteiger partial charge in [-0.3, -0.25) is 4.90 Å². The van der Waals surface area contributed by atoms with Gasteiger partial charge in [0.25, 0.3) is 0 Å². The maximum Gasteiger partial charge on any atom is 0.0837 e. The van der Waals surface area contributed by atoms with Crippen molar-refractivity contribution in [3.8, 4) is 0 Å². The van der Waals surface area contributed by atoms with Gasteiger partial charge in [-0.25, -0.2) is 0 Å². The summed E-state index contributed by atoms with van der Waals surface area (Å²) in [6.45, 7) is 3.53. The zero-order chi connectivity index (χ0) is 13.0. The molecular formula is C13H16Cl3NO. The first kappa shape index (κ1) is 14.4. The fourth-order valence-corrected chi connectivity index (χ4v) is 2.61. The molecule has 1 aromatic rings. The number of benzene rings is 1. The second kappa shape index (κ2) is 6.97. The number of hydrogen-bond donors (Lipinski definition) is 0. The molecule has 1 heterocycles. The van der Waals surface area contributed by atoms with Gasteiger partial charge in [-0.2, -0.15) is 0 Å². The summed E-state index contributed by atoms with van der Waals surface area (Å²) in [6.07, 6.45) is 1.16. The van der Waals surface area contributed by atoms with Gasteiger partial charge in [0.15, 0.2) is 0 Å². The average Bonchev–Trinajstić information content (AvgIpc) is 2.59. The number of hydrogen-bond acceptors (Lipinski definition) is 2. The summed E-state index contributed by atoms with van der Waals surface area (Å²) in [4.78, 5) is 2.35. The molecular weight excluding hydrogens is 293 g/mol. The zero-order valence-corrected chi connectivity index (χ0v) is 12.3. The molecule has 5 heteroatoms. The topological polar surface area (TPSA) is 12.5 Å². The molecule has 2 rings (SSSR count). The molecule has 1 aliphatic heterocycles. The molecule has 0 radical (unpaired) electrons. The smallest absolute Gasteiger partial charge is 0.0837 e. The average molecular weight is 309 g/mol. The lowest BCUT2D eigenvalue weighted by molar-refractivity contribution is 0.0691. The third kappa shape index (κ3) is 4.01. The number of rotatable bonds is 3. The highest BCUT2D eigenvalue weighted by Gasteiger charge is 2.18. The van der Waals surface area contributed by atoms with Crippen LogP contribution in [0.2, 0.25) is 10.0 Å². The molecule has 0 spiro atoms. The van der Waals surface area contributed by atoms with E-state index in [1.807, 2.05) is 18.2 Å². The molecule has 2 nitrogen and oxygen atoms in total. The molecule has 1 aromatic carbocycles. The van der Waals surface area contributed by atoms with Crippen molar-refractivity contribution in [2.45, 2.75) is 19.1 Å². The van der Waals surface area contributed by atoms with Gasteiger partial charge in [0.2, 0.25) is 0 Å². The lowest BCUT2D eigenvalue weighted by atomic mass is 10.2. The van der Waals surface area contributed by atoms with Crippen LogP contribution >= 0.6 is 34.8 Å². The van der Waals surface area contributed by atoms with Crippen LogP contribution in [0.5, 0.6) is 0 Å². The van der Waals surface area contributed by atoms with Crippen LogP contribution in [0.25, 0.3) is 0 Å². The molecule has 1 unspecified atom stereocenters. The fraction of sp³-hybridized carbons (Fsp3) is 0.538. The molecule has 1 saturated heterocycles. The molecule has 0 bridgehead atoms. The molecule has 0 saturated carbocycles. The predicted octanol–water partition coefficient (Wildman–Crippen LogP) is 3.82. The Hall–Kier alpha value is 0.01000. The summed E-state index contributed by atoms with van der Waals surface area (Å²) in [5.41, 5.74) is 1.17. The Labute approximate surface area is 123 Å². The first-order valence-electron chi connectivity index (χ1n) is 6.03. The Morgan fingerprint density at radius 1 is 1.28 bits per heavy atom. The summed E-state index contributed by atoms with van der Waals surface area (Å²) >= 11 is 17.8. The molecule has 1 fully saturated rings. The van der Waals surface area contributed by atoms with Crippen LogP contribution < -0.4 is 0 Å². The van der Waals surface area contributed by atoms with Crippen LogP contribution in [0.15, 0.2) is 18.2 Å². The summed E-state index contributed by atoms with van der Waals surface area (Å²) in [5.74, 6) is 0.540. The van der Waals surface area contributed by atoms with Crippen LogP contribution in [0, 0.1) is 0 Å². The van der Waals surface area contributed by atoms with E-state index in [-0.39, 0.29) is 6.10 Å². The van der Waals surface area contributed by atoms with Crippen LogP contribution in [0.3, 0.4) is 0 Å². The highest BCUT2D eigenvalue weighted by atomic mass is 35.5. The van der Waals surface area contributed by atoms with E-state index in [1.165, 1.54) is 5.56 Å². The maximum atomic E-state index is 6.02. The summed E-state index contributed by atoms with van der Waals surface area (Å²) < 4.78 is 5.64. The monoisotopic (exact) mass is 307 g/mol. The Balaban J connectivity index is 2.00. The second-order valence-corrected chi connectivity index (χ2v) is 5.61. The van der Waals surface area contributed by atoms with Crippen molar-refractivity contribution in [3.05, 3.63) is 33.8 Å². The highest BCUT2D eigenvalue weighted by Crippen LogP contribution is 2.23. The maximum absolute atomic E-state index is 6.02. The van der Waals surface area contributed by atoms with Gasteiger partial charge in [-0.1, -0.05) is 29.3 Å². The Morgan fingerprint density at radius 2 is 2.11 bits per heavy atom. The van der Waals surface area contributed by atoms with Gasteiger partial charge in [0.1, 0.15) is 0 Å². The lowest BCUT2D eigenvalue weighted by Crippen LogP contribution is -2.32. The van der Waals surface area contributed by atoms with Crippen LogP contribution in [0.1, 0.15) is 12.0 Å². The van der Waals surface area contributed by atoms with Crippen LogP contribution in [-0.2, 0) is 11.3 Å². The van der Waals surface area contributed by atoms with E-state index in [0.29, 0.717) is 15.9 Å². The zero-order valence-electron chi connectivity index (χ0n) is 10.0. The van der Waals surface area contributed by atoms with Gasteiger partial charge < -0.3 is 4.74 Å². The Bertz CT molecular complexity index is 400. The van der Waals surface area contributed by atoms with Crippen molar-refractivity contribution in [2.75, 3.05) is 25.6 Å². The summed E-state index contributed by atoms with van der Waals surface area (Å²) in [5, 5.41) is 1.20. The molecule has 0 aliphatic carbocycles. The van der Waals surface area contributed by atoms with Gasteiger partial charge in [-0.05, 0) is 24.1 Å². The first-order valence-corrected chi connectivity index (χ1v) is 7.32. The minimum absolute atomic E-state index is 0.122. The minimum atomic E-state index is 0.122. The first-order chi connectivity index (χ1) is 8.69. The SMILES string of the molecule is ClCC1CN(Cc2ccc(Cl)c(Cl)c2)CCCO1. The van der Waals surface area contributed by atoms with Crippen LogP contribution in [-0.4, -0.2) is 36.6 Å². The molecule has 1 aliphatic rings. The van der Waals surface area contributed by atoms with Crippen molar-refractivity contribution in [1.82, 2.24) is 4.90 Å². The number of ether oxygens (including phenoxy) is 1. The largest absolute Gasteiger partial charge is 0.376 e. The van der Waals surface area contributed by atoms with Crippen molar-refractivity contribution in [1.29, 1.82) is 0 Å². The van der Waals surface area contributed by atoms with E-state index in [4.69, 9.17) is 39.5 Å². The van der Waals surface area contributed by atoms with Gasteiger partial charge in [0, 0.05) is 32.1 Å². The number of halogens is 3. The summed E-state index contributed by atoms with van der Waals surface area (Å²) in [6, 6.07) is 5.77. The molecule has 0 amide bonds. The van der Waals surface area contributed by atoms with Gasteiger partial charge >= 0.3 is 0 Å². The van der Waals surface area contributed by atoms with E-state index >= 15 is 0 Å². The predicted molar refractivity (Wildman–Crippen MR) is 76.8 cm³/mol.